The number of aromatic carboxylic acids is 1. The predicted molar refractivity (Wildman–Crippen MR) is 72.8 cm³/mol. The quantitative estimate of drug-likeness (QED) is 0.910. The Kier molecular flexibility index (Phi) is 4.42. The van der Waals surface area contributed by atoms with Gasteiger partial charge in [0.15, 0.2) is 0 Å². The van der Waals surface area contributed by atoms with E-state index < -0.39 is 5.97 Å². The lowest BCUT2D eigenvalue weighted by molar-refractivity contribution is 0.0690. The highest BCUT2D eigenvalue weighted by molar-refractivity contribution is 5.85. The van der Waals surface area contributed by atoms with Gasteiger partial charge in [-0.25, -0.2) is 14.2 Å². The van der Waals surface area contributed by atoms with E-state index in [0.29, 0.717) is 13.1 Å². The number of benzene rings is 1. The summed E-state index contributed by atoms with van der Waals surface area (Å²) in [7, 11) is 1.89. The fraction of sp³-hybridized carbons (Fsp3) is 0.200. The van der Waals surface area contributed by atoms with E-state index in [1.807, 2.05) is 18.0 Å². The third kappa shape index (κ3) is 3.86. The van der Waals surface area contributed by atoms with Crippen LogP contribution in [-0.2, 0) is 13.1 Å². The van der Waals surface area contributed by atoms with Crippen molar-refractivity contribution in [1.82, 2.24) is 9.88 Å². The fourth-order valence-electron chi connectivity index (χ4n) is 2.00. The number of carbonyl (C=O) groups is 1. The van der Waals surface area contributed by atoms with Crippen LogP contribution in [-0.4, -0.2) is 28.0 Å². The van der Waals surface area contributed by atoms with Crippen molar-refractivity contribution in [3.63, 3.8) is 0 Å². The van der Waals surface area contributed by atoms with Crippen molar-refractivity contribution in [2.24, 2.45) is 0 Å². The minimum absolute atomic E-state index is 0.0293. The van der Waals surface area contributed by atoms with Crippen molar-refractivity contribution in [3.8, 4) is 0 Å². The molecule has 0 amide bonds. The molecule has 0 aliphatic heterocycles. The van der Waals surface area contributed by atoms with E-state index in [9.17, 15) is 9.18 Å². The molecule has 0 bridgehead atoms. The summed E-state index contributed by atoms with van der Waals surface area (Å²) >= 11 is 0. The number of halogens is 1. The number of rotatable bonds is 5. The summed E-state index contributed by atoms with van der Waals surface area (Å²) in [6.07, 6.45) is 1.48. The molecule has 20 heavy (non-hydrogen) atoms. The highest BCUT2D eigenvalue weighted by Crippen LogP contribution is 2.10. The molecule has 0 radical (unpaired) electrons. The van der Waals surface area contributed by atoms with Gasteiger partial charge in [0.2, 0.25) is 0 Å². The first-order valence-corrected chi connectivity index (χ1v) is 6.16. The lowest BCUT2D eigenvalue weighted by Gasteiger charge is -2.17. The standard InChI is InChI=1S/C15H15FN2O2/c1-18(9-11-3-2-4-13(16)7-11)10-12-5-6-17-14(8-12)15(19)20/h2-8H,9-10H2,1H3,(H,19,20). The number of aromatic nitrogens is 1. The molecule has 0 spiro atoms. The van der Waals surface area contributed by atoms with Crippen LogP contribution in [0, 0.1) is 5.82 Å². The summed E-state index contributed by atoms with van der Waals surface area (Å²) in [4.78, 5) is 16.6. The van der Waals surface area contributed by atoms with Crippen LogP contribution < -0.4 is 0 Å². The van der Waals surface area contributed by atoms with Crippen LogP contribution in [0.15, 0.2) is 42.6 Å². The summed E-state index contributed by atoms with van der Waals surface area (Å²) in [5.41, 5.74) is 1.76. The molecule has 0 aliphatic carbocycles. The number of carboxylic acid groups (broad SMARTS) is 1. The van der Waals surface area contributed by atoms with Crippen LogP contribution in [0.2, 0.25) is 0 Å². The van der Waals surface area contributed by atoms with Gasteiger partial charge in [-0.3, -0.25) is 4.90 Å². The van der Waals surface area contributed by atoms with Crippen molar-refractivity contribution in [3.05, 3.63) is 65.2 Å². The van der Waals surface area contributed by atoms with Crippen LogP contribution in [0.5, 0.6) is 0 Å². The molecule has 1 heterocycles. The van der Waals surface area contributed by atoms with E-state index in [1.54, 1.807) is 18.2 Å². The molecule has 0 aliphatic rings. The van der Waals surface area contributed by atoms with E-state index in [1.165, 1.54) is 18.3 Å². The monoisotopic (exact) mass is 274 g/mol. The van der Waals surface area contributed by atoms with Crippen LogP contribution in [0.25, 0.3) is 0 Å². The first-order valence-electron chi connectivity index (χ1n) is 6.16. The van der Waals surface area contributed by atoms with Gasteiger partial charge in [-0.2, -0.15) is 0 Å². The number of carboxylic acids is 1. The minimum Gasteiger partial charge on any atom is -0.477 e. The lowest BCUT2D eigenvalue weighted by Crippen LogP contribution is -2.17. The molecule has 0 saturated heterocycles. The maximum Gasteiger partial charge on any atom is 0.354 e. The van der Waals surface area contributed by atoms with Gasteiger partial charge in [-0.1, -0.05) is 12.1 Å². The number of nitrogens with zero attached hydrogens (tertiary/aromatic N) is 2. The van der Waals surface area contributed by atoms with E-state index in [4.69, 9.17) is 5.11 Å². The lowest BCUT2D eigenvalue weighted by atomic mass is 10.2. The second kappa shape index (κ2) is 6.25. The van der Waals surface area contributed by atoms with Crippen LogP contribution in [0.3, 0.4) is 0 Å². The number of hydrogen-bond acceptors (Lipinski definition) is 3. The Balaban J connectivity index is 2.02. The van der Waals surface area contributed by atoms with Gasteiger partial charge in [-0.05, 0) is 42.4 Å². The summed E-state index contributed by atoms with van der Waals surface area (Å²) in [5, 5.41) is 8.89. The topological polar surface area (TPSA) is 53.4 Å². The van der Waals surface area contributed by atoms with Crippen molar-refractivity contribution in [2.75, 3.05) is 7.05 Å². The van der Waals surface area contributed by atoms with Gasteiger partial charge in [0, 0.05) is 19.3 Å². The zero-order chi connectivity index (χ0) is 14.5. The molecular formula is C15H15FN2O2. The smallest absolute Gasteiger partial charge is 0.354 e. The minimum atomic E-state index is -1.04. The Bertz CT molecular complexity index is 616. The third-order valence-electron chi connectivity index (χ3n) is 2.84. The molecule has 4 nitrogen and oxygen atoms in total. The second-order valence-electron chi connectivity index (χ2n) is 4.66. The first kappa shape index (κ1) is 14.1. The van der Waals surface area contributed by atoms with Crippen molar-refractivity contribution < 1.29 is 14.3 Å². The number of pyridine rings is 1. The predicted octanol–water partition coefficient (Wildman–Crippen LogP) is 2.55. The molecule has 0 saturated carbocycles. The van der Waals surface area contributed by atoms with Crippen LogP contribution in [0.4, 0.5) is 4.39 Å². The van der Waals surface area contributed by atoms with Crippen LogP contribution in [0.1, 0.15) is 21.6 Å². The van der Waals surface area contributed by atoms with E-state index in [-0.39, 0.29) is 11.5 Å². The van der Waals surface area contributed by atoms with Gasteiger partial charge in [0.1, 0.15) is 11.5 Å². The Hall–Kier alpha value is -2.27. The van der Waals surface area contributed by atoms with Gasteiger partial charge >= 0.3 is 5.97 Å². The Morgan fingerprint density at radius 3 is 2.60 bits per heavy atom. The van der Waals surface area contributed by atoms with Crippen molar-refractivity contribution >= 4 is 5.97 Å². The van der Waals surface area contributed by atoms with Gasteiger partial charge in [0.05, 0.1) is 0 Å². The Morgan fingerprint density at radius 1 is 1.25 bits per heavy atom. The van der Waals surface area contributed by atoms with Gasteiger partial charge in [0.25, 0.3) is 0 Å². The summed E-state index contributed by atoms with van der Waals surface area (Å²) in [5.74, 6) is -1.30. The molecule has 1 N–H and O–H groups in total. The average Bonchev–Trinajstić information content (AvgIpc) is 2.38. The zero-order valence-electron chi connectivity index (χ0n) is 11.1. The molecular weight excluding hydrogens is 259 g/mol. The molecule has 2 rings (SSSR count). The summed E-state index contributed by atoms with van der Waals surface area (Å²) in [6.45, 7) is 1.15. The van der Waals surface area contributed by atoms with Crippen LogP contribution >= 0.6 is 0 Å². The van der Waals surface area contributed by atoms with Gasteiger partial charge < -0.3 is 5.11 Å². The molecule has 2 aromatic rings. The average molecular weight is 274 g/mol. The molecule has 1 aromatic carbocycles. The van der Waals surface area contributed by atoms with E-state index in [2.05, 4.69) is 4.98 Å². The largest absolute Gasteiger partial charge is 0.477 e. The van der Waals surface area contributed by atoms with E-state index >= 15 is 0 Å². The summed E-state index contributed by atoms with van der Waals surface area (Å²) in [6, 6.07) is 9.75. The molecule has 0 fully saturated rings. The highest BCUT2D eigenvalue weighted by Gasteiger charge is 2.07. The highest BCUT2D eigenvalue weighted by atomic mass is 19.1. The second-order valence-corrected chi connectivity index (χ2v) is 4.66. The van der Waals surface area contributed by atoms with Gasteiger partial charge in [-0.15, -0.1) is 0 Å². The molecule has 1 aromatic heterocycles. The SMILES string of the molecule is CN(Cc1cccc(F)c1)Cc1ccnc(C(=O)O)c1. The van der Waals surface area contributed by atoms with E-state index in [0.717, 1.165) is 11.1 Å². The zero-order valence-corrected chi connectivity index (χ0v) is 11.1. The fourth-order valence-corrected chi connectivity index (χ4v) is 2.00. The van der Waals surface area contributed by atoms with Crippen molar-refractivity contribution in [1.29, 1.82) is 0 Å². The molecule has 104 valence electrons. The first-order chi connectivity index (χ1) is 9.54. The van der Waals surface area contributed by atoms with Crippen molar-refractivity contribution in [2.45, 2.75) is 13.1 Å². The molecule has 0 atom stereocenters. The number of hydrogen-bond donors (Lipinski definition) is 1. The maximum atomic E-state index is 13.1. The maximum absolute atomic E-state index is 13.1. The molecule has 0 unspecified atom stereocenters. The Labute approximate surface area is 116 Å². The normalized spacial score (nSPS) is 10.8. The Morgan fingerprint density at radius 2 is 1.95 bits per heavy atom. The summed E-state index contributed by atoms with van der Waals surface area (Å²) < 4.78 is 13.1. The molecule has 5 heteroatoms. The third-order valence-corrected chi connectivity index (χ3v) is 2.84.